The molecule has 0 aliphatic carbocycles. The van der Waals surface area contributed by atoms with Crippen molar-refractivity contribution in [3.05, 3.63) is 167 Å². The number of rotatable bonds is 6. The van der Waals surface area contributed by atoms with Crippen LogP contribution in [-0.2, 0) is 10.8 Å². The van der Waals surface area contributed by atoms with E-state index in [9.17, 15) is 5.11 Å². The molecule has 57 heavy (non-hydrogen) atoms. The third-order valence-corrected chi connectivity index (χ3v) is 11.0. The van der Waals surface area contributed by atoms with Gasteiger partial charge in [0.2, 0.25) is 0 Å². The summed E-state index contributed by atoms with van der Waals surface area (Å²) in [4.78, 5) is 10.5. The molecule has 0 aliphatic heterocycles. The molecule has 0 spiro atoms. The van der Waals surface area contributed by atoms with E-state index in [1.165, 1.54) is 22.3 Å². The van der Waals surface area contributed by atoms with E-state index >= 15 is 0 Å². The molecule has 284 valence electrons. The van der Waals surface area contributed by atoms with Crippen LogP contribution < -0.4 is 0 Å². The lowest BCUT2D eigenvalue weighted by Crippen LogP contribution is -2.12. The van der Waals surface area contributed by atoms with Gasteiger partial charge in [-0.2, -0.15) is 0 Å². The van der Waals surface area contributed by atoms with Gasteiger partial charge in [-0.15, -0.1) is 0 Å². The molecule has 1 N–H and O–H groups in total. The van der Waals surface area contributed by atoms with E-state index in [0.29, 0.717) is 11.4 Å². The summed E-state index contributed by atoms with van der Waals surface area (Å²) < 4.78 is 2.25. The minimum atomic E-state index is -0.277. The summed E-state index contributed by atoms with van der Waals surface area (Å²) in [5, 5.41) is 12.2. The summed E-state index contributed by atoms with van der Waals surface area (Å²) >= 11 is 0. The summed E-state index contributed by atoms with van der Waals surface area (Å²) in [7, 11) is 0. The van der Waals surface area contributed by atoms with Crippen molar-refractivity contribution in [2.24, 2.45) is 0 Å². The molecule has 0 unspecified atom stereocenters. The summed E-state index contributed by atoms with van der Waals surface area (Å²) in [5.74, 6) is 0.959. The Morgan fingerprint density at radius 1 is 0.509 bits per heavy atom. The number of imidazole rings is 1. The Hall–Kier alpha value is -6.26. The predicted molar refractivity (Wildman–Crippen MR) is 239 cm³/mol. The monoisotopic (exact) mass is 745 g/mol. The van der Waals surface area contributed by atoms with Gasteiger partial charge in [-0.25, -0.2) is 4.98 Å². The first kappa shape index (κ1) is 37.7. The van der Waals surface area contributed by atoms with Gasteiger partial charge in [0.25, 0.3) is 0 Å². The Bertz CT molecular complexity index is 2780. The number of hydrogen-bond acceptors (Lipinski definition) is 3. The molecule has 4 heteroatoms. The fourth-order valence-corrected chi connectivity index (χ4v) is 7.85. The second-order valence-corrected chi connectivity index (χ2v) is 17.6. The van der Waals surface area contributed by atoms with E-state index in [0.717, 1.165) is 66.9 Å². The van der Waals surface area contributed by atoms with E-state index < -0.39 is 0 Å². The third kappa shape index (κ3) is 7.29. The number of phenols is 1. The highest BCUT2D eigenvalue weighted by molar-refractivity contribution is 5.98. The van der Waals surface area contributed by atoms with E-state index in [2.05, 4.69) is 200 Å². The maximum absolute atomic E-state index is 12.2. The fraction of sp³-hybridized carbons (Fsp3) is 0.208. The molecule has 4 nitrogen and oxygen atoms in total. The average molecular weight is 746 g/mol. The molecule has 0 fully saturated rings. The van der Waals surface area contributed by atoms with Gasteiger partial charge in [-0.3, -0.25) is 9.55 Å². The van der Waals surface area contributed by atoms with Crippen LogP contribution in [0.2, 0.25) is 0 Å². The lowest BCUT2D eigenvalue weighted by atomic mass is 9.83. The lowest BCUT2D eigenvalue weighted by molar-refractivity contribution is 0.448. The van der Waals surface area contributed by atoms with Gasteiger partial charge in [-0.05, 0) is 114 Å². The first-order valence-corrected chi connectivity index (χ1v) is 19.9. The molecule has 0 amide bonds. The summed E-state index contributed by atoms with van der Waals surface area (Å²) in [6.07, 6.45) is 1.91. The van der Waals surface area contributed by atoms with Crippen molar-refractivity contribution in [1.29, 1.82) is 0 Å². The molecule has 0 saturated heterocycles. The maximum Gasteiger partial charge on any atom is 0.149 e. The molecule has 8 rings (SSSR count). The van der Waals surface area contributed by atoms with Crippen LogP contribution in [0.5, 0.6) is 5.75 Å². The van der Waals surface area contributed by atoms with Gasteiger partial charge < -0.3 is 5.11 Å². The van der Waals surface area contributed by atoms with Gasteiger partial charge in [0.1, 0.15) is 11.6 Å². The van der Waals surface area contributed by atoms with Crippen LogP contribution in [0.3, 0.4) is 0 Å². The average Bonchev–Trinajstić information content (AvgIpc) is 3.58. The second-order valence-electron chi connectivity index (χ2n) is 17.6. The molecular formula is C53H51N3O. The molecule has 0 aliphatic rings. The van der Waals surface area contributed by atoms with Crippen LogP contribution in [0.25, 0.3) is 72.7 Å². The SMILES string of the molecule is Cc1ccc(-c2ccnc(-c3cc(-c4cccc5c4nc(-c4cc(C)cc(C(C)(C)C)c4O)n5-c4ccc(C)cc4-c4ccccc4)cc(C(C)(C)C)c3)c2)cc1. The summed E-state index contributed by atoms with van der Waals surface area (Å²) in [6.45, 7) is 19.6. The third-order valence-electron chi connectivity index (χ3n) is 11.0. The van der Waals surface area contributed by atoms with Crippen LogP contribution in [0.15, 0.2) is 140 Å². The number of benzene rings is 6. The first-order valence-electron chi connectivity index (χ1n) is 19.9. The molecular weight excluding hydrogens is 695 g/mol. The number of nitrogens with zero attached hydrogens (tertiary/aromatic N) is 3. The predicted octanol–water partition coefficient (Wildman–Crippen LogP) is 14.0. The number of para-hydroxylation sites is 1. The topological polar surface area (TPSA) is 50.9 Å². The van der Waals surface area contributed by atoms with Crippen LogP contribution in [0.1, 0.15) is 69.4 Å². The molecule has 0 atom stereocenters. The Morgan fingerprint density at radius 3 is 1.93 bits per heavy atom. The van der Waals surface area contributed by atoms with Crippen molar-refractivity contribution < 1.29 is 5.11 Å². The van der Waals surface area contributed by atoms with Crippen molar-refractivity contribution in [2.45, 2.75) is 73.1 Å². The second kappa shape index (κ2) is 14.4. The number of aryl methyl sites for hydroxylation is 3. The van der Waals surface area contributed by atoms with Gasteiger partial charge >= 0.3 is 0 Å². The normalized spacial score (nSPS) is 12.0. The highest BCUT2D eigenvalue weighted by atomic mass is 16.3. The highest BCUT2D eigenvalue weighted by Crippen LogP contribution is 2.44. The molecule has 2 heterocycles. The number of pyridine rings is 1. The summed E-state index contributed by atoms with van der Waals surface area (Å²) in [5.41, 5.74) is 17.3. The molecule has 0 bridgehead atoms. The van der Waals surface area contributed by atoms with Crippen LogP contribution in [-0.4, -0.2) is 19.6 Å². The lowest BCUT2D eigenvalue weighted by Gasteiger charge is -2.23. The van der Waals surface area contributed by atoms with E-state index in [1.54, 1.807) is 0 Å². The van der Waals surface area contributed by atoms with E-state index in [-0.39, 0.29) is 16.6 Å². The highest BCUT2D eigenvalue weighted by Gasteiger charge is 2.27. The first-order chi connectivity index (χ1) is 27.2. The van der Waals surface area contributed by atoms with Crippen molar-refractivity contribution in [3.8, 4) is 67.5 Å². The Balaban J connectivity index is 1.42. The number of phenolic OH excluding ortho intramolecular Hbond substituents is 1. The Morgan fingerprint density at radius 2 is 1.21 bits per heavy atom. The minimum absolute atomic E-state index is 0.124. The van der Waals surface area contributed by atoms with Crippen molar-refractivity contribution >= 4 is 11.0 Å². The quantitative estimate of drug-likeness (QED) is 0.184. The van der Waals surface area contributed by atoms with Gasteiger partial charge in [0.15, 0.2) is 0 Å². The van der Waals surface area contributed by atoms with Gasteiger partial charge in [0.05, 0.1) is 28.0 Å². The van der Waals surface area contributed by atoms with Gasteiger partial charge in [-0.1, -0.05) is 138 Å². The van der Waals surface area contributed by atoms with Crippen molar-refractivity contribution in [3.63, 3.8) is 0 Å². The number of aromatic hydroxyl groups is 1. The van der Waals surface area contributed by atoms with Crippen LogP contribution in [0, 0.1) is 20.8 Å². The molecule has 2 aromatic heterocycles. The zero-order valence-corrected chi connectivity index (χ0v) is 34.6. The number of fused-ring (bicyclic) bond motifs is 1. The molecule has 0 saturated carbocycles. The summed E-state index contributed by atoms with van der Waals surface area (Å²) in [6, 6.07) is 47.6. The largest absolute Gasteiger partial charge is 0.507 e. The zero-order chi connectivity index (χ0) is 40.2. The Labute approximate surface area is 337 Å². The van der Waals surface area contributed by atoms with Crippen LogP contribution in [0.4, 0.5) is 0 Å². The van der Waals surface area contributed by atoms with E-state index in [4.69, 9.17) is 9.97 Å². The zero-order valence-electron chi connectivity index (χ0n) is 34.6. The van der Waals surface area contributed by atoms with Gasteiger partial charge in [0, 0.05) is 28.5 Å². The molecule has 6 aromatic carbocycles. The standard InChI is InChI=1S/C53H51N3O/c1-33-18-21-36(22-19-33)38-24-25-54-46(32-38)40-29-39(30-41(31-40)52(4,5)6)42-16-13-17-48-49(42)55-51(44-27-35(3)28-45(50(44)57)53(7,8)9)56(48)47-23-20-34(2)26-43(47)37-14-11-10-12-15-37/h10-32,57H,1-9H3. The van der Waals surface area contributed by atoms with E-state index in [1.807, 2.05) is 6.20 Å². The van der Waals surface area contributed by atoms with Crippen molar-refractivity contribution in [1.82, 2.24) is 14.5 Å². The molecule has 8 aromatic rings. The minimum Gasteiger partial charge on any atom is -0.507 e. The van der Waals surface area contributed by atoms with Crippen molar-refractivity contribution in [2.75, 3.05) is 0 Å². The smallest absolute Gasteiger partial charge is 0.149 e. The van der Waals surface area contributed by atoms with Crippen LogP contribution >= 0.6 is 0 Å². The number of hydrogen-bond donors (Lipinski definition) is 1. The maximum atomic E-state index is 12.2. The Kier molecular flexibility index (Phi) is 9.48. The fourth-order valence-electron chi connectivity index (χ4n) is 7.85. The number of aromatic nitrogens is 3. The molecule has 0 radical (unpaired) electrons.